The number of carboxylic acid groups (broad SMARTS) is 1. The summed E-state index contributed by atoms with van der Waals surface area (Å²) >= 11 is 3.48. The van der Waals surface area contributed by atoms with Gasteiger partial charge in [-0.15, -0.1) is 0 Å². The monoisotopic (exact) mass is 301 g/mol. The molecule has 1 aromatic heterocycles. The second kappa shape index (κ2) is 5.18. The summed E-state index contributed by atoms with van der Waals surface area (Å²) in [6.07, 6.45) is 4.35. The van der Waals surface area contributed by atoms with Crippen LogP contribution >= 0.6 is 15.9 Å². The second-order valence-electron chi connectivity index (χ2n) is 4.23. The zero-order valence-electron chi connectivity index (χ0n) is 9.69. The minimum Gasteiger partial charge on any atom is -0.480 e. The van der Waals surface area contributed by atoms with E-state index in [0.29, 0.717) is 6.42 Å². The molecule has 17 heavy (non-hydrogen) atoms. The molecule has 6 heteroatoms. The molecule has 0 amide bonds. The van der Waals surface area contributed by atoms with Gasteiger partial charge >= 0.3 is 5.97 Å². The summed E-state index contributed by atoms with van der Waals surface area (Å²) in [5, 5.41) is 16.5. The number of carbonyl (C=O) groups is 1. The molecule has 0 radical (unpaired) electrons. The van der Waals surface area contributed by atoms with Gasteiger partial charge in [0.2, 0.25) is 0 Å². The Kier molecular flexibility index (Phi) is 3.83. The average Bonchev–Trinajstić information content (AvgIpc) is 2.70. The van der Waals surface area contributed by atoms with E-state index in [9.17, 15) is 4.79 Å². The van der Waals surface area contributed by atoms with E-state index in [-0.39, 0.29) is 6.04 Å². The zero-order chi connectivity index (χ0) is 12.4. The predicted octanol–water partition coefficient (Wildman–Crippen LogP) is 1.93. The van der Waals surface area contributed by atoms with Crippen molar-refractivity contribution in [3.8, 4) is 0 Å². The van der Waals surface area contributed by atoms with Crippen molar-refractivity contribution < 1.29 is 9.90 Å². The fourth-order valence-corrected chi connectivity index (χ4v) is 2.89. The van der Waals surface area contributed by atoms with Crippen LogP contribution in [0.5, 0.6) is 0 Å². The first-order chi connectivity index (χ1) is 8.13. The number of carboxylic acids is 1. The third kappa shape index (κ3) is 2.52. The molecule has 1 aliphatic rings. The predicted molar refractivity (Wildman–Crippen MR) is 66.8 cm³/mol. The smallest absolute Gasteiger partial charge is 0.320 e. The van der Waals surface area contributed by atoms with Crippen LogP contribution in [0.15, 0.2) is 10.7 Å². The summed E-state index contributed by atoms with van der Waals surface area (Å²) in [6.45, 7) is 2.82. The van der Waals surface area contributed by atoms with Gasteiger partial charge in [-0.3, -0.25) is 14.8 Å². The Morgan fingerprint density at radius 1 is 1.71 bits per heavy atom. The van der Waals surface area contributed by atoms with Gasteiger partial charge in [0, 0.05) is 6.54 Å². The highest BCUT2D eigenvalue weighted by Crippen LogP contribution is 2.30. The number of nitrogens with one attached hydrogen (secondary N) is 1. The van der Waals surface area contributed by atoms with Crippen molar-refractivity contribution in [1.82, 2.24) is 15.1 Å². The topological polar surface area (TPSA) is 67.2 Å². The molecular weight excluding hydrogens is 286 g/mol. The molecule has 5 nitrogen and oxygen atoms in total. The molecule has 2 unspecified atom stereocenters. The van der Waals surface area contributed by atoms with Gasteiger partial charge in [0.1, 0.15) is 6.04 Å². The molecule has 2 heterocycles. The van der Waals surface area contributed by atoms with E-state index in [1.54, 1.807) is 6.20 Å². The third-order valence-corrected chi connectivity index (χ3v) is 3.76. The number of halogens is 1. The van der Waals surface area contributed by atoms with Gasteiger partial charge in [-0.25, -0.2) is 0 Å². The molecule has 1 fully saturated rings. The second-order valence-corrected chi connectivity index (χ2v) is 5.09. The van der Waals surface area contributed by atoms with Crippen molar-refractivity contribution in [2.24, 2.45) is 0 Å². The van der Waals surface area contributed by atoms with Gasteiger partial charge in [0.15, 0.2) is 0 Å². The van der Waals surface area contributed by atoms with Crippen LogP contribution in [0.4, 0.5) is 0 Å². The van der Waals surface area contributed by atoms with Crippen LogP contribution in [0, 0.1) is 0 Å². The number of hydrogen-bond acceptors (Lipinski definition) is 3. The lowest BCUT2D eigenvalue weighted by atomic mass is 9.96. The molecule has 1 saturated heterocycles. The van der Waals surface area contributed by atoms with Crippen LogP contribution in [0.1, 0.15) is 37.9 Å². The normalized spacial score (nSPS) is 24.8. The van der Waals surface area contributed by atoms with E-state index in [1.165, 1.54) is 0 Å². The summed E-state index contributed by atoms with van der Waals surface area (Å²) in [6, 6.07) is -0.373. The Labute approximate surface area is 108 Å². The Morgan fingerprint density at radius 2 is 2.47 bits per heavy atom. The number of aryl methyl sites for hydroxylation is 1. The molecular formula is C11H16BrN3O2. The largest absolute Gasteiger partial charge is 0.480 e. The van der Waals surface area contributed by atoms with Gasteiger partial charge in [0.05, 0.1) is 22.4 Å². The van der Waals surface area contributed by atoms with E-state index in [1.807, 2.05) is 11.6 Å². The zero-order valence-corrected chi connectivity index (χ0v) is 11.3. The molecule has 0 aromatic carbocycles. The first kappa shape index (κ1) is 12.6. The van der Waals surface area contributed by atoms with E-state index in [0.717, 1.165) is 29.6 Å². The fraction of sp³-hybridized carbons (Fsp3) is 0.636. The van der Waals surface area contributed by atoms with Crippen LogP contribution in [0.25, 0.3) is 0 Å². The van der Waals surface area contributed by atoms with Crippen molar-refractivity contribution >= 4 is 21.9 Å². The summed E-state index contributed by atoms with van der Waals surface area (Å²) in [5.74, 6) is -0.770. The molecule has 0 bridgehead atoms. The Balaban J connectivity index is 2.21. The van der Waals surface area contributed by atoms with Gasteiger partial charge < -0.3 is 5.11 Å². The quantitative estimate of drug-likeness (QED) is 0.895. The van der Waals surface area contributed by atoms with Crippen molar-refractivity contribution in [1.29, 1.82) is 0 Å². The Bertz CT molecular complexity index is 419. The minimum atomic E-state index is -0.770. The summed E-state index contributed by atoms with van der Waals surface area (Å²) in [4.78, 5) is 11.0. The molecule has 94 valence electrons. The Morgan fingerprint density at radius 3 is 3.12 bits per heavy atom. The number of nitrogens with zero attached hydrogens (tertiary/aromatic N) is 2. The first-order valence-electron chi connectivity index (χ1n) is 5.83. The molecule has 0 aliphatic carbocycles. The van der Waals surface area contributed by atoms with Gasteiger partial charge in [0.25, 0.3) is 0 Å². The van der Waals surface area contributed by atoms with Crippen LogP contribution in [-0.4, -0.2) is 26.9 Å². The van der Waals surface area contributed by atoms with Crippen LogP contribution in [-0.2, 0) is 11.3 Å². The van der Waals surface area contributed by atoms with E-state index in [4.69, 9.17) is 5.11 Å². The van der Waals surface area contributed by atoms with Gasteiger partial charge in [-0.05, 0) is 42.1 Å². The third-order valence-electron chi connectivity index (χ3n) is 3.15. The van der Waals surface area contributed by atoms with Crippen LogP contribution in [0.2, 0.25) is 0 Å². The number of piperidine rings is 1. The summed E-state index contributed by atoms with van der Waals surface area (Å²) < 4.78 is 2.86. The van der Waals surface area contributed by atoms with E-state index >= 15 is 0 Å². The maximum Gasteiger partial charge on any atom is 0.320 e. The Hall–Kier alpha value is -0.880. The fourth-order valence-electron chi connectivity index (χ4n) is 2.32. The minimum absolute atomic E-state index is 0.0710. The van der Waals surface area contributed by atoms with E-state index < -0.39 is 12.0 Å². The van der Waals surface area contributed by atoms with Crippen LogP contribution < -0.4 is 5.32 Å². The maximum absolute atomic E-state index is 11.0. The van der Waals surface area contributed by atoms with Crippen molar-refractivity contribution in [2.45, 2.75) is 44.8 Å². The molecule has 0 saturated carbocycles. The van der Waals surface area contributed by atoms with Crippen molar-refractivity contribution in [3.63, 3.8) is 0 Å². The highest BCUT2D eigenvalue weighted by atomic mass is 79.9. The standard InChI is InChI=1S/C11H16BrN3O2/c1-2-15-10(7(12)6-13-15)8-4-3-5-9(14-8)11(16)17/h6,8-9,14H,2-5H2,1H3,(H,16,17). The molecule has 2 atom stereocenters. The lowest BCUT2D eigenvalue weighted by Gasteiger charge is -2.29. The molecule has 1 aromatic rings. The molecule has 0 spiro atoms. The highest BCUT2D eigenvalue weighted by Gasteiger charge is 2.29. The SMILES string of the molecule is CCn1ncc(Br)c1C1CCCC(C(=O)O)N1. The molecule has 1 aliphatic heterocycles. The lowest BCUT2D eigenvalue weighted by molar-refractivity contribution is -0.140. The maximum atomic E-state index is 11.0. The molecule has 2 rings (SSSR count). The number of hydrogen-bond donors (Lipinski definition) is 2. The number of aromatic nitrogens is 2. The molecule has 2 N–H and O–H groups in total. The van der Waals surface area contributed by atoms with Gasteiger partial charge in [-0.1, -0.05) is 0 Å². The number of aliphatic carboxylic acids is 1. The first-order valence-corrected chi connectivity index (χ1v) is 6.62. The van der Waals surface area contributed by atoms with Gasteiger partial charge in [-0.2, -0.15) is 5.10 Å². The van der Waals surface area contributed by atoms with Crippen molar-refractivity contribution in [2.75, 3.05) is 0 Å². The summed E-state index contributed by atoms with van der Waals surface area (Å²) in [7, 11) is 0. The summed E-state index contributed by atoms with van der Waals surface area (Å²) in [5.41, 5.74) is 1.05. The van der Waals surface area contributed by atoms with Crippen LogP contribution in [0.3, 0.4) is 0 Å². The average molecular weight is 302 g/mol. The van der Waals surface area contributed by atoms with Crippen molar-refractivity contribution in [3.05, 3.63) is 16.4 Å². The number of rotatable bonds is 3. The van der Waals surface area contributed by atoms with E-state index in [2.05, 4.69) is 26.3 Å². The highest BCUT2D eigenvalue weighted by molar-refractivity contribution is 9.10. The lowest BCUT2D eigenvalue weighted by Crippen LogP contribution is -2.43.